The quantitative estimate of drug-likeness (QED) is 0.719. The lowest BCUT2D eigenvalue weighted by molar-refractivity contribution is -0.128. The zero-order valence-corrected chi connectivity index (χ0v) is 16.8. The Labute approximate surface area is 172 Å². The van der Waals surface area contributed by atoms with Gasteiger partial charge in [-0.05, 0) is 12.1 Å². The molecule has 5 rings (SSSR count). The van der Waals surface area contributed by atoms with Crippen LogP contribution >= 0.6 is 11.6 Å². The van der Waals surface area contributed by atoms with Gasteiger partial charge in [0.1, 0.15) is 5.65 Å². The smallest absolute Gasteiger partial charge is 0.259 e. The van der Waals surface area contributed by atoms with E-state index in [-0.39, 0.29) is 17.5 Å². The molecular formula is C21H20ClN5O2. The van der Waals surface area contributed by atoms with Crippen molar-refractivity contribution in [3.8, 4) is 11.1 Å². The molecule has 2 unspecified atom stereocenters. The fraction of sp³-hybridized carbons (Fsp3) is 0.333. The molecular weight excluding hydrogens is 390 g/mol. The number of pyridine rings is 1. The van der Waals surface area contributed by atoms with Gasteiger partial charge in [0, 0.05) is 72.7 Å². The summed E-state index contributed by atoms with van der Waals surface area (Å²) in [6.07, 6.45) is 1.73. The number of halogens is 1. The highest BCUT2D eigenvalue weighted by atomic mass is 35.5. The molecule has 7 nitrogen and oxygen atoms in total. The number of anilines is 1. The van der Waals surface area contributed by atoms with Crippen molar-refractivity contribution in [2.24, 2.45) is 18.9 Å². The number of likely N-dealkylation sites (tertiary alicyclic amines) is 1. The maximum atomic E-state index is 12.9. The number of piperidine rings is 1. The van der Waals surface area contributed by atoms with E-state index in [2.05, 4.69) is 15.3 Å². The fourth-order valence-electron chi connectivity index (χ4n) is 4.34. The maximum Gasteiger partial charge on any atom is 0.259 e. The third kappa shape index (κ3) is 2.97. The van der Waals surface area contributed by atoms with Gasteiger partial charge in [-0.3, -0.25) is 14.2 Å². The number of fused-ring (bicyclic) bond motifs is 2. The van der Waals surface area contributed by atoms with Gasteiger partial charge < -0.3 is 10.2 Å². The predicted molar refractivity (Wildman–Crippen MR) is 112 cm³/mol. The van der Waals surface area contributed by atoms with Gasteiger partial charge >= 0.3 is 0 Å². The SMILES string of the molecule is CC(=O)N1CC2C(C1)C2Nc1ncc2cc(-c3ccccc3Cl)c(=O)n(C)c2n1. The summed E-state index contributed by atoms with van der Waals surface area (Å²) in [7, 11) is 1.71. The topological polar surface area (TPSA) is 80.1 Å². The number of nitrogens with one attached hydrogen (secondary N) is 1. The van der Waals surface area contributed by atoms with Gasteiger partial charge in [0.15, 0.2) is 0 Å². The van der Waals surface area contributed by atoms with Crippen LogP contribution in [0.5, 0.6) is 0 Å². The molecule has 2 aromatic heterocycles. The third-order valence-corrected chi connectivity index (χ3v) is 6.38. The first-order valence-electron chi connectivity index (χ1n) is 9.58. The Kier molecular flexibility index (Phi) is 4.10. The van der Waals surface area contributed by atoms with Crippen molar-refractivity contribution in [3.63, 3.8) is 0 Å². The van der Waals surface area contributed by atoms with Crippen molar-refractivity contribution in [1.29, 1.82) is 0 Å². The summed E-state index contributed by atoms with van der Waals surface area (Å²) < 4.78 is 1.53. The number of carbonyl (C=O) groups excluding carboxylic acids is 1. The van der Waals surface area contributed by atoms with E-state index in [1.54, 1.807) is 32.3 Å². The second kappa shape index (κ2) is 6.56. The molecule has 2 atom stereocenters. The molecule has 29 heavy (non-hydrogen) atoms. The van der Waals surface area contributed by atoms with Crippen LogP contribution in [0.2, 0.25) is 5.02 Å². The molecule has 148 valence electrons. The first-order valence-corrected chi connectivity index (χ1v) is 9.95. The predicted octanol–water partition coefficient (Wildman–Crippen LogP) is 2.54. The van der Waals surface area contributed by atoms with Crippen LogP contribution in [0.25, 0.3) is 22.2 Å². The van der Waals surface area contributed by atoms with Crippen molar-refractivity contribution in [1.82, 2.24) is 19.4 Å². The maximum absolute atomic E-state index is 12.9. The van der Waals surface area contributed by atoms with Crippen molar-refractivity contribution in [2.45, 2.75) is 13.0 Å². The van der Waals surface area contributed by atoms with E-state index in [1.807, 2.05) is 23.1 Å². The van der Waals surface area contributed by atoms with Gasteiger partial charge in [-0.1, -0.05) is 29.8 Å². The van der Waals surface area contributed by atoms with Crippen LogP contribution in [0.1, 0.15) is 6.92 Å². The van der Waals surface area contributed by atoms with Crippen LogP contribution in [-0.2, 0) is 11.8 Å². The minimum absolute atomic E-state index is 0.127. The van der Waals surface area contributed by atoms with Gasteiger partial charge in [0.05, 0.1) is 0 Å². The summed E-state index contributed by atoms with van der Waals surface area (Å²) in [6, 6.07) is 9.36. The molecule has 1 aromatic carbocycles. The van der Waals surface area contributed by atoms with Crippen LogP contribution in [0.15, 0.2) is 41.3 Å². The van der Waals surface area contributed by atoms with E-state index >= 15 is 0 Å². The lowest BCUT2D eigenvalue weighted by Crippen LogP contribution is -2.31. The summed E-state index contributed by atoms with van der Waals surface area (Å²) in [5, 5.41) is 4.68. The number of hydrogen-bond acceptors (Lipinski definition) is 5. The highest BCUT2D eigenvalue weighted by Crippen LogP contribution is 2.46. The number of nitrogens with zero attached hydrogens (tertiary/aromatic N) is 4. The Balaban J connectivity index is 1.44. The summed E-state index contributed by atoms with van der Waals surface area (Å²) in [6.45, 7) is 3.17. The second-order valence-electron chi connectivity index (χ2n) is 7.80. The van der Waals surface area contributed by atoms with E-state index in [1.165, 1.54) is 4.57 Å². The largest absolute Gasteiger partial charge is 0.351 e. The minimum Gasteiger partial charge on any atom is -0.351 e. The summed E-state index contributed by atoms with van der Waals surface area (Å²) in [4.78, 5) is 35.3. The lowest BCUT2D eigenvalue weighted by atomic mass is 10.1. The number of aryl methyl sites for hydroxylation is 1. The van der Waals surface area contributed by atoms with Crippen molar-refractivity contribution < 1.29 is 4.79 Å². The van der Waals surface area contributed by atoms with Crippen molar-refractivity contribution in [2.75, 3.05) is 18.4 Å². The molecule has 1 aliphatic heterocycles. The number of aromatic nitrogens is 3. The molecule has 2 aliphatic rings. The molecule has 8 heteroatoms. The molecule has 1 aliphatic carbocycles. The zero-order chi connectivity index (χ0) is 20.3. The molecule has 1 amide bonds. The lowest BCUT2D eigenvalue weighted by Gasteiger charge is -2.18. The Morgan fingerprint density at radius 3 is 2.62 bits per heavy atom. The van der Waals surface area contributed by atoms with Crippen LogP contribution < -0.4 is 10.9 Å². The average molecular weight is 410 g/mol. The van der Waals surface area contributed by atoms with E-state index in [0.29, 0.717) is 39.6 Å². The standard InChI is InChI=1S/C21H20ClN5O2/c1-11(28)27-9-15-16(10-27)18(15)24-21-23-8-12-7-14(13-5-3-4-6-17(13)22)20(29)26(2)19(12)25-21/h3-8,15-16,18H,9-10H2,1-2H3,(H,23,24,25). The Morgan fingerprint density at radius 2 is 1.93 bits per heavy atom. The highest BCUT2D eigenvalue weighted by molar-refractivity contribution is 6.33. The van der Waals surface area contributed by atoms with Gasteiger partial charge in [-0.25, -0.2) is 4.98 Å². The van der Waals surface area contributed by atoms with E-state index in [4.69, 9.17) is 11.6 Å². The van der Waals surface area contributed by atoms with Gasteiger partial charge in [0.25, 0.3) is 5.56 Å². The number of rotatable bonds is 3. The number of amides is 1. The Hall–Kier alpha value is -2.93. The van der Waals surface area contributed by atoms with Gasteiger partial charge in [0.2, 0.25) is 11.9 Å². The van der Waals surface area contributed by atoms with E-state index < -0.39 is 0 Å². The molecule has 1 saturated carbocycles. The van der Waals surface area contributed by atoms with Gasteiger partial charge in [-0.2, -0.15) is 4.98 Å². The average Bonchev–Trinajstić information content (AvgIpc) is 3.13. The van der Waals surface area contributed by atoms with Gasteiger partial charge in [-0.15, -0.1) is 0 Å². The van der Waals surface area contributed by atoms with Crippen LogP contribution in [-0.4, -0.2) is 44.5 Å². The molecule has 3 aromatic rings. The summed E-state index contributed by atoms with van der Waals surface area (Å²) in [5.74, 6) is 1.53. The monoisotopic (exact) mass is 409 g/mol. The normalized spacial score (nSPS) is 22.6. The highest BCUT2D eigenvalue weighted by Gasteiger charge is 2.56. The molecule has 3 heterocycles. The second-order valence-corrected chi connectivity index (χ2v) is 8.20. The number of hydrogen-bond donors (Lipinski definition) is 1. The minimum atomic E-state index is -0.157. The number of carbonyl (C=O) groups is 1. The Bertz CT molecular complexity index is 1200. The molecule has 2 fully saturated rings. The van der Waals surface area contributed by atoms with Crippen LogP contribution in [0.4, 0.5) is 5.95 Å². The van der Waals surface area contributed by atoms with Crippen molar-refractivity contribution >= 4 is 34.5 Å². The molecule has 0 spiro atoms. The van der Waals surface area contributed by atoms with Crippen LogP contribution in [0, 0.1) is 11.8 Å². The zero-order valence-electron chi connectivity index (χ0n) is 16.1. The molecule has 0 bridgehead atoms. The number of benzene rings is 1. The van der Waals surface area contributed by atoms with Crippen molar-refractivity contribution in [3.05, 3.63) is 51.9 Å². The summed E-state index contributed by atoms with van der Waals surface area (Å²) in [5.41, 5.74) is 1.63. The molecule has 1 N–H and O–H groups in total. The van der Waals surface area contributed by atoms with Crippen LogP contribution in [0.3, 0.4) is 0 Å². The third-order valence-electron chi connectivity index (χ3n) is 6.05. The molecule has 1 saturated heterocycles. The first kappa shape index (κ1) is 18.1. The molecule has 0 radical (unpaired) electrons. The summed E-state index contributed by atoms with van der Waals surface area (Å²) >= 11 is 6.29. The fourth-order valence-corrected chi connectivity index (χ4v) is 4.57. The van der Waals surface area contributed by atoms with E-state index in [0.717, 1.165) is 18.5 Å². The first-order chi connectivity index (χ1) is 13.9. The van der Waals surface area contributed by atoms with E-state index in [9.17, 15) is 9.59 Å². The Morgan fingerprint density at radius 1 is 1.21 bits per heavy atom.